The summed E-state index contributed by atoms with van der Waals surface area (Å²) < 4.78 is 5.52. The molecule has 3 rings (SSSR count). The van der Waals surface area contributed by atoms with Crippen molar-refractivity contribution in [3.8, 4) is 0 Å². The first kappa shape index (κ1) is 15.6. The van der Waals surface area contributed by atoms with Crippen molar-refractivity contribution in [1.29, 1.82) is 0 Å². The van der Waals surface area contributed by atoms with E-state index >= 15 is 0 Å². The van der Waals surface area contributed by atoms with Crippen LogP contribution in [0.25, 0.3) is 0 Å². The van der Waals surface area contributed by atoms with Gasteiger partial charge in [0.25, 0.3) is 0 Å². The maximum atomic E-state index is 5.52. The molecule has 3 nitrogen and oxygen atoms in total. The Morgan fingerprint density at radius 2 is 1.89 bits per heavy atom. The molecule has 0 aromatic rings. The van der Waals surface area contributed by atoms with Crippen LogP contribution in [0.1, 0.15) is 38.5 Å². The van der Waals surface area contributed by atoms with Crippen molar-refractivity contribution in [1.82, 2.24) is 10.2 Å². The van der Waals surface area contributed by atoms with E-state index in [-0.39, 0.29) is 12.4 Å². The minimum Gasteiger partial charge on any atom is -0.381 e. The zero-order valence-corrected chi connectivity index (χ0v) is 12.8. The van der Waals surface area contributed by atoms with Crippen LogP contribution in [-0.4, -0.2) is 50.3 Å². The number of hydrogen-bond acceptors (Lipinski definition) is 3. The Kier molecular flexibility index (Phi) is 6.40. The van der Waals surface area contributed by atoms with Gasteiger partial charge in [0.1, 0.15) is 0 Å². The summed E-state index contributed by atoms with van der Waals surface area (Å²) in [5, 5.41) is 3.56. The van der Waals surface area contributed by atoms with E-state index in [4.69, 9.17) is 4.74 Å². The van der Waals surface area contributed by atoms with E-state index in [1.54, 1.807) is 0 Å². The minimum atomic E-state index is 0. The van der Waals surface area contributed by atoms with Crippen molar-refractivity contribution >= 4 is 12.4 Å². The van der Waals surface area contributed by atoms with Gasteiger partial charge >= 0.3 is 0 Å². The summed E-state index contributed by atoms with van der Waals surface area (Å²) >= 11 is 0. The Morgan fingerprint density at radius 3 is 2.63 bits per heavy atom. The molecule has 3 aliphatic rings. The highest BCUT2D eigenvalue weighted by atomic mass is 35.5. The highest BCUT2D eigenvalue weighted by molar-refractivity contribution is 5.85. The second kappa shape index (κ2) is 7.82. The summed E-state index contributed by atoms with van der Waals surface area (Å²) in [5.41, 5.74) is 0. The molecule has 0 spiro atoms. The summed E-state index contributed by atoms with van der Waals surface area (Å²) in [5.74, 6) is 1.82. The molecule has 0 radical (unpaired) electrons. The van der Waals surface area contributed by atoms with Crippen LogP contribution in [0.2, 0.25) is 0 Å². The largest absolute Gasteiger partial charge is 0.381 e. The molecule has 3 fully saturated rings. The third-order valence-electron chi connectivity index (χ3n) is 5.12. The first-order valence-corrected chi connectivity index (χ1v) is 7.96. The van der Waals surface area contributed by atoms with E-state index in [1.807, 2.05) is 0 Å². The van der Waals surface area contributed by atoms with Crippen molar-refractivity contribution in [2.45, 2.75) is 44.6 Å². The van der Waals surface area contributed by atoms with Gasteiger partial charge in [-0.15, -0.1) is 12.4 Å². The van der Waals surface area contributed by atoms with Crippen molar-refractivity contribution in [2.24, 2.45) is 11.8 Å². The average Bonchev–Trinajstić information content (AvgIpc) is 2.89. The van der Waals surface area contributed by atoms with Crippen LogP contribution in [0, 0.1) is 11.8 Å². The summed E-state index contributed by atoms with van der Waals surface area (Å²) in [4.78, 5) is 2.81. The molecule has 1 N–H and O–H groups in total. The topological polar surface area (TPSA) is 24.5 Å². The molecule has 0 aromatic heterocycles. The zero-order chi connectivity index (χ0) is 12.2. The van der Waals surface area contributed by atoms with Gasteiger partial charge in [-0.2, -0.15) is 0 Å². The fraction of sp³-hybridized carbons (Fsp3) is 1.00. The average molecular weight is 289 g/mol. The highest BCUT2D eigenvalue weighted by Gasteiger charge is 2.33. The monoisotopic (exact) mass is 288 g/mol. The lowest BCUT2D eigenvalue weighted by Gasteiger charge is -2.36. The van der Waals surface area contributed by atoms with E-state index < -0.39 is 0 Å². The van der Waals surface area contributed by atoms with Crippen LogP contribution >= 0.6 is 12.4 Å². The van der Waals surface area contributed by atoms with Crippen molar-refractivity contribution in [3.05, 3.63) is 0 Å². The molecule has 0 amide bonds. The molecule has 19 heavy (non-hydrogen) atoms. The van der Waals surface area contributed by atoms with Crippen LogP contribution in [0.4, 0.5) is 0 Å². The third kappa shape index (κ3) is 4.07. The van der Waals surface area contributed by atoms with Crippen LogP contribution in [-0.2, 0) is 4.74 Å². The van der Waals surface area contributed by atoms with E-state index in [0.29, 0.717) is 0 Å². The van der Waals surface area contributed by atoms with Crippen molar-refractivity contribution < 1.29 is 4.74 Å². The maximum Gasteiger partial charge on any atom is 0.0469 e. The van der Waals surface area contributed by atoms with E-state index in [0.717, 1.165) is 31.1 Å². The fourth-order valence-corrected chi connectivity index (χ4v) is 4.12. The van der Waals surface area contributed by atoms with Gasteiger partial charge in [-0.1, -0.05) is 0 Å². The smallest absolute Gasteiger partial charge is 0.0469 e. The van der Waals surface area contributed by atoms with Gasteiger partial charge in [-0.3, -0.25) is 4.90 Å². The Hall–Kier alpha value is 0.170. The number of nitrogens with one attached hydrogen (secondary N) is 1. The predicted molar refractivity (Wildman–Crippen MR) is 81.0 cm³/mol. The quantitative estimate of drug-likeness (QED) is 0.862. The minimum absolute atomic E-state index is 0. The third-order valence-corrected chi connectivity index (χ3v) is 5.12. The Labute approximate surface area is 123 Å². The normalized spacial score (nSPS) is 34.1. The molecule has 3 aliphatic heterocycles. The highest BCUT2D eigenvalue weighted by Crippen LogP contribution is 2.31. The van der Waals surface area contributed by atoms with Gasteiger partial charge in [0, 0.05) is 25.8 Å². The molecule has 4 heteroatoms. The lowest BCUT2D eigenvalue weighted by atomic mass is 9.89. The molecule has 0 aliphatic carbocycles. The molecule has 112 valence electrons. The van der Waals surface area contributed by atoms with Crippen molar-refractivity contribution in [2.75, 3.05) is 39.4 Å². The molecular formula is C15H29ClN2O. The number of piperidine rings is 1. The van der Waals surface area contributed by atoms with E-state index in [2.05, 4.69) is 10.2 Å². The molecule has 0 bridgehead atoms. The van der Waals surface area contributed by atoms with Gasteiger partial charge in [0.2, 0.25) is 0 Å². The Balaban J connectivity index is 0.00000133. The van der Waals surface area contributed by atoms with Gasteiger partial charge in [0.15, 0.2) is 0 Å². The van der Waals surface area contributed by atoms with Crippen LogP contribution < -0.4 is 5.32 Å². The standard InChI is InChI=1S/C15H28N2O.ClH/c1-3-13(11-16-7-1)12-17-8-2-4-15(17)14-5-9-18-10-6-14;/h13-16H,1-12H2;1H. The van der Waals surface area contributed by atoms with Gasteiger partial charge in [0.05, 0.1) is 0 Å². The number of ether oxygens (including phenoxy) is 1. The summed E-state index contributed by atoms with van der Waals surface area (Å²) in [7, 11) is 0. The predicted octanol–water partition coefficient (Wildman–Crippen LogP) is 2.30. The first-order chi connectivity index (χ1) is 8.93. The zero-order valence-electron chi connectivity index (χ0n) is 12.0. The molecule has 3 heterocycles. The van der Waals surface area contributed by atoms with Crippen LogP contribution in [0.15, 0.2) is 0 Å². The first-order valence-electron chi connectivity index (χ1n) is 7.96. The fourth-order valence-electron chi connectivity index (χ4n) is 4.12. The molecular weight excluding hydrogens is 260 g/mol. The number of likely N-dealkylation sites (tertiary alicyclic amines) is 1. The SMILES string of the molecule is C1CNCC(CN2CCCC2C2CCOCC2)C1.Cl. The molecule has 2 unspecified atom stereocenters. The second-order valence-electron chi connectivity index (χ2n) is 6.37. The van der Waals surface area contributed by atoms with Crippen LogP contribution in [0.3, 0.4) is 0 Å². The number of rotatable bonds is 3. The molecule has 0 saturated carbocycles. The van der Waals surface area contributed by atoms with E-state index in [1.165, 1.54) is 64.7 Å². The lowest BCUT2D eigenvalue weighted by molar-refractivity contribution is 0.0322. The summed E-state index contributed by atoms with van der Waals surface area (Å²) in [6.45, 7) is 7.17. The van der Waals surface area contributed by atoms with Crippen molar-refractivity contribution in [3.63, 3.8) is 0 Å². The van der Waals surface area contributed by atoms with Crippen LogP contribution in [0.5, 0.6) is 0 Å². The lowest BCUT2D eigenvalue weighted by Crippen LogP contribution is -2.43. The van der Waals surface area contributed by atoms with Gasteiger partial charge in [-0.25, -0.2) is 0 Å². The number of halogens is 1. The van der Waals surface area contributed by atoms with Gasteiger partial charge < -0.3 is 10.1 Å². The number of nitrogens with zero attached hydrogens (tertiary/aromatic N) is 1. The Morgan fingerprint density at radius 1 is 1.05 bits per heavy atom. The summed E-state index contributed by atoms with van der Waals surface area (Å²) in [6.07, 6.45) is 8.26. The molecule has 2 atom stereocenters. The molecule has 3 saturated heterocycles. The number of hydrogen-bond donors (Lipinski definition) is 1. The second-order valence-corrected chi connectivity index (χ2v) is 6.37. The summed E-state index contributed by atoms with van der Waals surface area (Å²) in [6, 6.07) is 0.871. The molecule has 0 aromatic carbocycles. The maximum absolute atomic E-state index is 5.52. The van der Waals surface area contributed by atoms with E-state index in [9.17, 15) is 0 Å². The van der Waals surface area contributed by atoms with Gasteiger partial charge in [-0.05, 0) is 70.0 Å². The Bertz CT molecular complexity index is 253.